The molecule has 0 spiro atoms. The van der Waals surface area contributed by atoms with Crippen LogP contribution in [0.1, 0.15) is 45.0 Å². The van der Waals surface area contributed by atoms with Gasteiger partial charge in [-0.15, -0.1) is 0 Å². The van der Waals surface area contributed by atoms with E-state index in [0.717, 1.165) is 24.3 Å². The molecule has 3 amide bonds. The van der Waals surface area contributed by atoms with E-state index < -0.39 is 12.0 Å². The van der Waals surface area contributed by atoms with Crippen LogP contribution in [0.5, 0.6) is 0 Å². The summed E-state index contributed by atoms with van der Waals surface area (Å²) in [4.78, 5) is 46.9. The minimum absolute atomic E-state index is 0.0251. The van der Waals surface area contributed by atoms with Crippen molar-refractivity contribution < 1.29 is 23.9 Å². The average Bonchev–Trinajstić information content (AvgIpc) is 3.12. The minimum Gasteiger partial charge on any atom is -0.379 e. The number of likely N-dealkylation sites (N-methyl/N-ethyl adjacent to an activating group) is 1. The van der Waals surface area contributed by atoms with Crippen LogP contribution in [0.15, 0.2) is 72.8 Å². The number of morpholine rings is 1. The first kappa shape index (κ1) is 33.3. The Hall–Kier alpha value is -3.63. The van der Waals surface area contributed by atoms with Crippen molar-refractivity contribution in [3.05, 3.63) is 99.5 Å². The lowest BCUT2D eigenvalue weighted by molar-refractivity contribution is -0.141. The smallest absolute Gasteiger partial charge is 0.253 e. The number of benzene rings is 3. The lowest BCUT2D eigenvalue weighted by Gasteiger charge is -2.45. The number of likely N-dealkylation sites (tertiary alicyclic amines) is 1. The second-order valence-corrected chi connectivity index (χ2v) is 13.2. The summed E-state index contributed by atoms with van der Waals surface area (Å²) >= 11 is 12.8. The third-order valence-electron chi connectivity index (χ3n) is 9.59. The third kappa shape index (κ3) is 7.59. The fourth-order valence-corrected chi connectivity index (χ4v) is 7.22. The predicted molar refractivity (Wildman–Crippen MR) is 182 cm³/mol. The molecule has 11 heteroatoms. The Morgan fingerprint density at radius 1 is 0.830 bits per heavy atom. The van der Waals surface area contributed by atoms with E-state index >= 15 is 0 Å². The van der Waals surface area contributed by atoms with Crippen molar-refractivity contribution in [1.29, 1.82) is 0 Å². The van der Waals surface area contributed by atoms with Gasteiger partial charge in [0.1, 0.15) is 0 Å². The first-order chi connectivity index (χ1) is 22.8. The molecule has 6 rings (SSSR count). The molecule has 3 aliphatic heterocycles. The molecular formula is C36H40Cl2N4O5. The number of halogens is 2. The Morgan fingerprint density at radius 2 is 1.57 bits per heavy atom. The molecule has 3 fully saturated rings. The zero-order valence-corrected chi connectivity index (χ0v) is 28.0. The van der Waals surface area contributed by atoms with Gasteiger partial charge in [-0.1, -0.05) is 47.5 Å². The number of carbonyl (C=O) groups excluding carboxylic acids is 3. The molecule has 4 atom stereocenters. The molecule has 0 radical (unpaired) electrons. The molecule has 3 heterocycles. The summed E-state index contributed by atoms with van der Waals surface area (Å²) in [5.74, 6) is -0.971. The van der Waals surface area contributed by atoms with Crippen molar-refractivity contribution in [3.63, 3.8) is 0 Å². The Kier molecular flexibility index (Phi) is 10.7. The van der Waals surface area contributed by atoms with Crippen molar-refractivity contribution in [2.75, 3.05) is 64.6 Å². The molecule has 0 unspecified atom stereocenters. The van der Waals surface area contributed by atoms with E-state index in [4.69, 9.17) is 32.7 Å². The first-order valence-corrected chi connectivity index (χ1v) is 16.9. The quantitative estimate of drug-likeness (QED) is 0.373. The predicted octanol–water partition coefficient (Wildman–Crippen LogP) is 5.12. The lowest BCUT2D eigenvalue weighted by Crippen LogP contribution is -2.57. The van der Waals surface area contributed by atoms with Gasteiger partial charge in [-0.05, 0) is 66.9 Å². The normalized spacial score (nSPS) is 23.2. The maximum absolute atomic E-state index is 14.2. The summed E-state index contributed by atoms with van der Waals surface area (Å²) in [5, 5.41) is 3.91. The number of nitrogens with zero attached hydrogens (tertiary/aromatic N) is 3. The molecule has 0 saturated carbocycles. The zero-order chi connectivity index (χ0) is 32.9. The number of nitrogens with one attached hydrogen (secondary N) is 1. The van der Waals surface area contributed by atoms with Gasteiger partial charge >= 0.3 is 0 Å². The zero-order valence-electron chi connectivity index (χ0n) is 26.4. The van der Waals surface area contributed by atoms with Crippen molar-refractivity contribution in [2.24, 2.45) is 5.92 Å². The molecule has 3 aromatic rings. The Balaban J connectivity index is 1.20. The molecule has 47 heavy (non-hydrogen) atoms. The van der Waals surface area contributed by atoms with Gasteiger partial charge in [0.25, 0.3) is 11.8 Å². The van der Waals surface area contributed by atoms with Crippen LogP contribution in [0.3, 0.4) is 0 Å². The largest absolute Gasteiger partial charge is 0.379 e. The Bertz CT molecular complexity index is 1570. The summed E-state index contributed by atoms with van der Waals surface area (Å²) in [6.07, 6.45) is 1.09. The van der Waals surface area contributed by atoms with E-state index in [1.807, 2.05) is 66.5 Å². The van der Waals surface area contributed by atoms with Gasteiger partial charge in [-0.25, -0.2) is 0 Å². The van der Waals surface area contributed by atoms with E-state index in [1.54, 1.807) is 23.1 Å². The van der Waals surface area contributed by atoms with E-state index in [2.05, 4.69) is 10.2 Å². The average molecular weight is 680 g/mol. The van der Waals surface area contributed by atoms with Crippen molar-refractivity contribution in [1.82, 2.24) is 15.1 Å². The van der Waals surface area contributed by atoms with Crippen LogP contribution in [0.25, 0.3) is 0 Å². The summed E-state index contributed by atoms with van der Waals surface area (Å²) in [6, 6.07) is 21.6. The van der Waals surface area contributed by atoms with Crippen molar-refractivity contribution in [2.45, 2.75) is 30.8 Å². The second-order valence-electron chi connectivity index (χ2n) is 12.4. The van der Waals surface area contributed by atoms with Crippen molar-refractivity contribution in [3.8, 4) is 0 Å². The van der Waals surface area contributed by atoms with Crippen LogP contribution in [0, 0.1) is 5.92 Å². The highest BCUT2D eigenvalue weighted by atomic mass is 35.5. The number of anilines is 1. The van der Waals surface area contributed by atoms with Crippen LogP contribution in [0.4, 0.5) is 5.69 Å². The monoisotopic (exact) mass is 678 g/mol. The van der Waals surface area contributed by atoms with Gasteiger partial charge in [-0.2, -0.15) is 0 Å². The fraction of sp³-hybridized carbons (Fsp3) is 0.417. The first-order valence-electron chi connectivity index (χ1n) is 16.2. The van der Waals surface area contributed by atoms with E-state index in [1.165, 1.54) is 0 Å². The number of rotatable bonds is 7. The molecule has 0 bridgehead atoms. The van der Waals surface area contributed by atoms with Crippen molar-refractivity contribution >= 4 is 46.6 Å². The highest BCUT2D eigenvalue weighted by Crippen LogP contribution is 2.36. The van der Waals surface area contributed by atoms with Crippen LogP contribution in [-0.4, -0.2) is 99.3 Å². The summed E-state index contributed by atoms with van der Waals surface area (Å²) in [7, 11) is 1.83. The molecule has 1 N–H and O–H groups in total. The Labute approximate surface area is 285 Å². The third-order valence-corrected chi connectivity index (χ3v) is 10.3. The second kappa shape index (κ2) is 15.1. The van der Waals surface area contributed by atoms with Crippen LogP contribution >= 0.6 is 23.2 Å². The SMILES string of the molecule is CN(C(=O)c1ccc(N2CCOCC2)cc1)[C@@H]1CCN(C(=O)[C@H]2CCOC[C@H]2NC(=O)c2ccccc2)C[C@H]1c1ccc(Cl)c(Cl)c1. The number of amides is 3. The van der Waals surface area contributed by atoms with Gasteiger partial charge < -0.3 is 29.5 Å². The highest BCUT2D eigenvalue weighted by molar-refractivity contribution is 6.42. The molecule has 3 aliphatic rings. The van der Waals surface area contributed by atoms with E-state index in [-0.39, 0.29) is 36.3 Å². The molecule has 3 saturated heterocycles. The van der Waals surface area contributed by atoms with Crippen LogP contribution in [0.2, 0.25) is 10.0 Å². The number of hydrogen-bond acceptors (Lipinski definition) is 6. The number of hydrogen-bond donors (Lipinski definition) is 1. The maximum atomic E-state index is 14.2. The Morgan fingerprint density at radius 3 is 2.30 bits per heavy atom. The van der Waals surface area contributed by atoms with Gasteiger partial charge in [0.15, 0.2) is 0 Å². The van der Waals surface area contributed by atoms with Gasteiger partial charge in [0, 0.05) is 68.6 Å². The fourth-order valence-electron chi connectivity index (χ4n) is 6.92. The minimum atomic E-state index is -0.449. The number of ether oxygens (including phenoxy) is 2. The number of carbonyl (C=O) groups is 3. The topological polar surface area (TPSA) is 91.4 Å². The summed E-state index contributed by atoms with van der Waals surface area (Å²) < 4.78 is 11.2. The molecule has 0 aromatic heterocycles. The standard InChI is InChI=1S/C36H40Cl2N4O5/c1-40(35(44)25-7-10-27(11-8-25)41-16-19-46-20-17-41)33-13-15-42(22-29(33)26-9-12-30(37)31(38)21-26)36(45)28-14-18-47-23-32(28)39-34(43)24-5-3-2-4-6-24/h2-12,21,28-29,32-33H,13-20,22-23H2,1H3,(H,39,43)/t28-,29-,32+,33+/m0/s1. The summed E-state index contributed by atoms with van der Waals surface area (Å²) in [5.41, 5.74) is 3.12. The molecular weight excluding hydrogens is 639 g/mol. The van der Waals surface area contributed by atoms with Gasteiger partial charge in [-0.3, -0.25) is 14.4 Å². The highest BCUT2D eigenvalue weighted by Gasteiger charge is 2.41. The van der Waals surface area contributed by atoms with Crippen LogP contribution in [-0.2, 0) is 14.3 Å². The van der Waals surface area contributed by atoms with Crippen LogP contribution < -0.4 is 10.2 Å². The van der Waals surface area contributed by atoms with E-state index in [0.29, 0.717) is 66.9 Å². The molecule has 3 aromatic carbocycles. The molecule has 9 nitrogen and oxygen atoms in total. The number of piperidine rings is 1. The maximum Gasteiger partial charge on any atom is 0.253 e. The molecule has 0 aliphatic carbocycles. The summed E-state index contributed by atoms with van der Waals surface area (Å²) in [6.45, 7) is 4.62. The molecule has 248 valence electrons. The van der Waals surface area contributed by atoms with Gasteiger partial charge in [0.2, 0.25) is 5.91 Å². The van der Waals surface area contributed by atoms with E-state index in [9.17, 15) is 14.4 Å². The van der Waals surface area contributed by atoms with Gasteiger partial charge in [0.05, 0.1) is 41.8 Å². The lowest BCUT2D eigenvalue weighted by atomic mass is 9.83.